The van der Waals surface area contributed by atoms with Crippen molar-refractivity contribution in [2.45, 2.75) is 19.3 Å². The number of ether oxygens (including phenoxy) is 1. The van der Waals surface area contributed by atoms with Crippen LogP contribution in [0.1, 0.15) is 45.5 Å². The Kier molecular flexibility index (Phi) is 5.49. The van der Waals surface area contributed by atoms with Gasteiger partial charge in [0.15, 0.2) is 0 Å². The summed E-state index contributed by atoms with van der Waals surface area (Å²) in [5.41, 5.74) is 2.14. The van der Waals surface area contributed by atoms with Crippen molar-refractivity contribution in [3.63, 3.8) is 0 Å². The van der Waals surface area contributed by atoms with Gasteiger partial charge in [0.05, 0.1) is 11.1 Å². The molecule has 0 saturated heterocycles. The fourth-order valence-corrected chi connectivity index (χ4v) is 3.70. The zero-order valence-electron chi connectivity index (χ0n) is 16.0. The molecule has 1 unspecified atom stereocenters. The summed E-state index contributed by atoms with van der Waals surface area (Å²) in [7, 11) is 0. The number of amides is 2. The molecule has 0 aliphatic carbocycles. The van der Waals surface area contributed by atoms with Crippen LogP contribution in [-0.2, 0) is 0 Å². The summed E-state index contributed by atoms with van der Waals surface area (Å²) >= 11 is 3.41. The third kappa shape index (κ3) is 4.10. The molecule has 1 heterocycles. The van der Waals surface area contributed by atoms with Crippen LogP contribution in [0.15, 0.2) is 77.3 Å². The second-order valence-electron chi connectivity index (χ2n) is 7.12. The van der Waals surface area contributed by atoms with Crippen molar-refractivity contribution in [1.82, 2.24) is 4.90 Å². The first-order valence-corrected chi connectivity index (χ1v) is 10.3. The van der Waals surface area contributed by atoms with Gasteiger partial charge in [-0.25, -0.2) is 0 Å². The normalized spacial score (nSPS) is 14.1. The highest BCUT2D eigenvalue weighted by molar-refractivity contribution is 9.10. The standard InChI is InChI=1S/C24H20BrNO3/c1-16(14-15-26-23(27)21-4-2-3-5-22(21)24(26)28)17-6-10-19(11-7-17)29-20-12-8-18(25)9-13-20/h2-13,16H,14-15H2,1H3. The molecule has 29 heavy (non-hydrogen) atoms. The third-order valence-electron chi connectivity index (χ3n) is 5.16. The number of rotatable bonds is 6. The molecular weight excluding hydrogens is 430 g/mol. The van der Waals surface area contributed by atoms with Gasteiger partial charge >= 0.3 is 0 Å². The Balaban J connectivity index is 1.37. The van der Waals surface area contributed by atoms with Gasteiger partial charge in [-0.05, 0) is 66.4 Å². The number of nitrogens with zero attached hydrogens (tertiary/aromatic N) is 1. The summed E-state index contributed by atoms with van der Waals surface area (Å²) in [5, 5.41) is 0. The van der Waals surface area contributed by atoms with Crippen molar-refractivity contribution >= 4 is 27.7 Å². The first-order chi connectivity index (χ1) is 14.0. The molecule has 2 amide bonds. The third-order valence-corrected chi connectivity index (χ3v) is 5.69. The second kappa shape index (κ2) is 8.21. The summed E-state index contributed by atoms with van der Waals surface area (Å²) in [4.78, 5) is 26.3. The van der Waals surface area contributed by atoms with E-state index in [1.165, 1.54) is 4.90 Å². The van der Waals surface area contributed by atoms with E-state index < -0.39 is 0 Å². The highest BCUT2D eigenvalue weighted by Gasteiger charge is 2.34. The fourth-order valence-electron chi connectivity index (χ4n) is 3.43. The SMILES string of the molecule is CC(CCN1C(=O)c2ccccc2C1=O)c1ccc(Oc2ccc(Br)cc2)cc1. The maximum atomic E-state index is 12.5. The fraction of sp³-hybridized carbons (Fsp3) is 0.167. The number of hydrogen-bond acceptors (Lipinski definition) is 3. The average molecular weight is 450 g/mol. The zero-order chi connectivity index (χ0) is 20.4. The molecule has 4 nitrogen and oxygen atoms in total. The summed E-state index contributed by atoms with van der Waals surface area (Å²) < 4.78 is 6.86. The molecule has 1 aliphatic rings. The lowest BCUT2D eigenvalue weighted by Crippen LogP contribution is -2.31. The van der Waals surface area contributed by atoms with E-state index in [9.17, 15) is 9.59 Å². The molecule has 146 valence electrons. The van der Waals surface area contributed by atoms with Crippen molar-refractivity contribution < 1.29 is 14.3 Å². The van der Waals surface area contributed by atoms with Gasteiger partial charge in [-0.3, -0.25) is 14.5 Å². The van der Waals surface area contributed by atoms with Crippen LogP contribution in [0.4, 0.5) is 0 Å². The number of carbonyl (C=O) groups excluding carboxylic acids is 2. The molecule has 0 bridgehead atoms. The minimum absolute atomic E-state index is 0.198. The molecule has 0 N–H and O–H groups in total. The molecule has 0 radical (unpaired) electrons. The number of hydrogen-bond donors (Lipinski definition) is 0. The van der Waals surface area contributed by atoms with Crippen LogP contribution in [0, 0.1) is 0 Å². The summed E-state index contributed by atoms with van der Waals surface area (Å²) in [6, 6.07) is 22.6. The maximum absolute atomic E-state index is 12.5. The van der Waals surface area contributed by atoms with Crippen LogP contribution in [-0.4, -0.2) is 23.3 Å². The summed E-state index contributed by atoms with van der Waals surface area (Å²) in [6.45, 7) is 2.51. The minimum atomic E-state index is -0.198. The Hall–Kier alpha value is -2.92. The van der Waals surface area contributed by atoms with Crippen molar-refractivity contribution in [2.75, 3.05) is 6.54 Å². The molecule has 0 fully saturated rings. The van der Waals surface area contributed by atoms with Gasteiger partial charge < -0.3 is 4.74 Å². The van der Waals surface area contributed by atoms with Crippen molar-refractivity contribution in [3.05, 3.63) is 94.0 Å². The maximum Gasteiger partial charge on any atom is 0.261 e. The molecule has 4 rings (SSSR count). The van der Waals surface area contributed by atoms with Gasteiger partial charge in [0.1, 0.15) is 11.5 Å². The van der Waals surface area contributed by atoms with Gasteiger partial charge in [-0.2, -0.15) is 0 Å². The molecular formula is C24H20BrNO3. The quantitative estimate of drug-likeness (QED) is 0.431. The van der Waals surface area contributed by atoms with Gasteiger partial charge in [0.2, 0.25) is 0 Å². The highest BCUT2D eigenvalue weighted by atomic mass is 79.9. The van der Waals surface area contributed by atoms with Gasteiger partial charge in [0.25, 0.3) is 11.8 Å². The van der Waals surface area contributed by atoms with E-state index in [0.717, 1.165) is 21.5 Å². The number of fused-ring (bicyclic) bond motifs is 1. The monoisotopic (exact) mass is 449 g/mol. The number of imide groups is 1. The Morgan fingerprint density at radius 3 is 1.90 bits per heavy atom. The highest BCUT2D eigenvalue weighted by Crippen LogP contribution is 2.28. The van der Waals surface area contributed by atoms with E-state index in [-0.39, 0.29) is 17.7 Å². The first kappa shape index (κ1) is 19.4. The number of halogens is 1. The Morgan fingerprint density at radius 2 is 1.34 bits per heavy atom. The topological polar surface area (TPSA) is 46.6 Å². The van der Waals surface area contributed by atoms with Crippen LogP contribution in [0.25, 0.3) is 0 Å². The van der Waals surface area contributed by atoms with E-state index in [0.29, 0.717) is 24.1 Å². The largest absolute Gasteiger partial charge is 0.457 e. The van der Waals surface area contributed by atoms with Crippen LogP contribution in [0.5, 0.6) is 11.5 Å². The van der Waals surface area contributed by atoms with Crippen molar-refractivity contribution in [2.24, 2.45) is 0 Å². The van der Waals surface area contributed by atoms with Crippen LogP contribution in [0.3, 0.4) is 0 Å². The zero-order valence-corrected chi connectivity index (χ0v) is 17.6. The minimum Gasteiger partial charge on any atom is -0.457 e. The predicted octanol–water partition coefficient (Wildman–Crippen LogP) is 6.03. The molecule has 0 spiro atoms. The molecule has 0 aromatic heterocycles. The van der Waals surface area contributed by atoms with Crippen molar-refractivity contribution in [1.29, 1.82) is 0 Å². The molecule has 3 aromatic carbocycles. The summed E-state index contributed by atoms with van der Waals surface area (Å²) in [5.74, 6) is 1.36. The molecule has 1 aliphatic heterocycles. The van der Waals surface area contributed by atoms with E-state index in [1.807, 2.05) is 48.5 Å². The van der Waals surface area contributed by atoms with Gasteiger partial charge in [-0.15, -0.1) is 0 Å². The van der Waals surface area contributed by atoms with Gasteiger partial charge in [0, 0.05) is 11.0 Å². The lowest BCUT2D eigenvalue weighted by atomic mass is 9.97. The van der Waals surface area contributed by atoms with Gasteiger partial charge in [-0.1, -0.05) is 47.1 Å². The second-order valence-corrected chi connectivity index (χ2v) is 8.04. The Morgan fingerprint density at radius 1 is 0.828 bits per heavy atom. The Labute approximate surface area is 178 Å². The first-order valence-electron chi connectivity index (χ1n) is 9.51. The van der Waals surface area contributed by atoms with Crippen molar-refractivity contribution in [3.8, 4) is 11.5 Å². The molecule has 3 aromatic rings. The van der Waals surface area contributed by atoms with Crippen LogP contribution in [0.2, 0.25) is 0 Å². The smallest absolute Gasteiger partial charge is 0.261 e. The Bertz CT molecular complexity index is 1010. The lowest BCUT2D eigenvalue weighted by Gasteiger charge is -2.18. The summed E-state index contributed by atoms with van der Waals surface area (Å²) in [6.07, 6.45) is 0.707. The molecule has 5 heteroatoms. The predicted molar refractivity (Wildman–Crippen MR) is 115 cm³/mol. The van der Waals surface area contributed by atoms with E-state index in [1.54, 1.807) is 24.3 Å². The van der Waals surface area contributed by atoms with Crippen LogP contribution >= 0.6 is 15.9 Å². The van der Waals surface area contributed by atoms with E-state index >= 15 is 0 Å². The number of carbonyl (C=O) groups is 2. The van der Waals surface area contributed by atoms with Crippen LogP contribution < -0.4 is 4.74 Å². The lowest BCUT2D eigenvalue weighted by molar-refractivity contribution is 0.0650. The number of benzene rings is 3. The van der Waals surface area contributed by atoms with E-state index in [4.69, 9.17) is 4.74 Å². The van der Waals surface area contributed by atoms with E-state index in [2.05, 4.69) is 22.9 Å². The molecule has 0 saturated carbocycles. The molecule has 1 atom stereocenters. The average Bonchev–Trinajstić information content (AvgIpc) is 2.99.